The molecule has 4 heterocycles. The number of hydrogen-bond donors (Lipinski definition) is 2. The van der Waals surface area contributed by atoms with Crippen molar-refractivity contribution in [3.05, 3.63) is 22.3 Å². The van der Waals surface area contributed by atoms with E-state index < -0.39 is 29.2 Å². The maximum atomic E-state index is 12.8. The summed E-state index contributed by atoms with van der Waals surface area (Å²) < 4.78 is 5.60. The van der Waals surface area contributed by atoms with Crippen molar-refractivity contribution in [1.29, 1.82) is 0 Å². The second-order valence-corrected chi connectivity index (χ2v) is 8.71. The molecule has 3 N–H and O–H groups in total. The Balaban J connectivity index is 0.00000272. The first-order chi connectivity index (χ1) is 14.4. The Kier molecular flexibility index (Phi) is 7.65. The molecule has 0 spiro atoms. The number of ether oxygens (including phenoxy) is 1. The van der Waals surface area contributed by atoms with Gasteiger partial charge in [0.25, 0.3) is 11.8 Å². The van der Waals surface area contributed by atoms with Crippen molar-refractivity contribution in [2.24, 2.45) is 5.16 Å². The van der Waals surface area contributed by atoms with Gasteiger partial charge in [0, 0.05) is 17.7 Å². The molecule has 3 atom stereocenters. The van der Waals surface area contributed by atoms with Crippen LogP contribution in [0.3, 0.4) is 0 Å². The van der Waals surface area contributed by atoms with Gasteiger partial charge in [0.05, 0.1) is 17.8 Å². The maximum absolute atomic E-state index is 12.8. The van der Waals surface area contributed by atoms with E-state index in [9.17, 15) is 19.5 Å². The van der Waals surface area contributed by atoms with E-state index in [-0.39, 0.29) is 57.9 Å². The largest absolute Gasteiger partial charge is 1.00 e. The van der Waals surface area contributed by atoms with Crippen LogP contribution in [0.2, 0.25) is 0 Å². The average molecular weight is 475 g/mol. The van der Waals surface area contributed by atoms with Gasteiger partial charge in [-0.3, -0.25) is 14.5 Å². The predicted octanol–water partition coefficient (Wildman–Crippen LogP) is -4.34. The predicted molar refractivity (Wildman–Crippen MR) is 106 cm³/mol. The molecule has 1 aromatic rings. The van der Waals surface area contributed by atoms with Crippen molar-refractivity contribution in [3.8, 4) is 0 Å². The third-order valence-corrected chi connectivity index (χ3v) is 6.93. The Morgan fingerprint density at radius 1 is 1.48 bits per heavy atom. The molecule has 4 rings (SSSR count). The number of aromatic nitrogens is 1. The van der Waals surface area contributed by atoms with Crippen LogP contribution in [-0.4, -0.2) is 70.4 Å². The molecule has 2 fully saturated rings. The number of oxime groups is 1. The second kappa shape index (κ2) is 9.88. The maximum Gasteiger partial charge on any atom is 1.00 e. The van der Waals surface area contributed by atoms with Gasteiger partial charge < -0.3 is 30.5 Å². The third-order valence-electron chi connectivity index (χ3n) is 4.96. The Hall–Kier alpha value is -1.64. The number of carboxylic acids is 1. The molecular formula is C17H18N5NaO6S2. The number of anilines is 1. The van der Waals surface area contributed by atoms with Gasteiger partial charge in [-0.2, -0.15) is 0 Å². The van der Waals surface area contributed by atoms with Gasteiger partial charge in [0.15, 0.2) is 10.8 Å². The summed E-state index contributed by atoms with van der Waals surface area (Å²) in [7, 11) is 1.28. The number of carbonyl (C=O) groups excluding carboxylic acids is 3. The zero-order valence-corrected chi connectivity index (χ0v) is 20.5. The number of thioether (sulfide) groups is 1. The number of nitrogens with two attached hydrogens (primary N) is 1. The fourth-order valence-corrected chi connectivity index (χ4v) is 5.59. The molecule has 14 heteroatoms. The fourth-order valence-electron chi connectivity index (χ4n) is 3.63. The van der Waals surface area contributed by atoms with Crippen LogP contribution in [0.5, 0.6) is 0 Å². The van der Waals surface area contributed by atoms with Gasteiger partial charge in [-0.15, -0.1) is 23.1 Å². The van der Waals surface area contributed by atoms with Gasteiger partial charge >= 0.3 is 29.6 Å². The van der Waals surface area contributed by atoms with E-state index >= 15 is 0 Å². The van der Waals surface area contributed by atoms with Crippen molar-refractivity contribution in [1.82, 2.24) is 15.2 Å². The number of amides is 2. The van der Waals surface area contributed by atoms with E-state index in [1.807, 2.05) is 0 Å². The molecule has 3 aliphatic rings. The minimum absolute atomic E-state index is 0. The SMILES string of the molecule is CO/N=C(\C(=O)N[C@@H]1C(=O)N2C(C(=O)[O-])=C(C3CCCO3)CS[C@H]12)c1csc(N)n1.[Na+]. The number of aliphatic carboxylic acids is 1. The van der Waals surface area contributed by atoms with E-state index in [0.717, 1.165) is 17.8 Å². The van der Waals surface area contributed by atoms with Gasteiger partial charge in [0.1, 0.15) is 24.2 Å². The van der Waals surface area contributed by atoms with Crippen molar-refractivity contribution in [2.45, 2.75) is 30.4 Å². The summed E-state index contributed by atoms with van der Waals surface area (Å²) in [6.07, 6.45) is 1.20. The molecule has 0 aliphatic carbocycles. The van der Waals surface area contributed by atoms with Crippen LogP contribution in [0.4, 0.5) is 5.13 Å². The molecule has 1 aromatic heterocycles. The number of carbonyl (C=O) groups is 3. The van der Waals surface area contributed by atoms with Crippen LogP contribution >= 0.6 is 23.1 Å². The quantitative estimate of drug-likeness (QED) is 0.179. The normalized spacial score (nSPS) is 25.5. The first kappa shape index (κ1) is 24.0. The zero-order chi connectivity index (χ0) is 21.4. The molecule has 160 valence electrons. The third kappa shape index (κ3) is 4.47. The molecule has 0 saturated carbocycles. The van der Waals surface area contributed by atoms with Crippen LogP contribution in [0.25, 0.3) is 0 Å². The van der Waals surface area contributed by atoms with Crippen LogP contribution < -0.4 is 45.7 Å². The van der Waals surface area contributed by atoms with E-state index in [0.29, 0.717) is 24.4 Å². The molecule has 31 heavy (non-hydrogen) atoms. The molecule has 0 radical (unpaired) electrons. The van der Waals surface area contributed by atoms with Crippen molar-refractivity contribution in [3.63, 3.8) is 0 Å². The number of fused-ring (bicyclic) bond motifs is 1. The number of nitrogens with zero attached hydrogens (tertiary/aromatic N) is 3. The molecule has 1 unspecified atom stereocenters. The molecule has 3 aliphatic heterocycles. The minimum Gasteiger partial charge on any atom is -0.543 e. The van der Waals surface area contributed by atoms with Gasteiger partial charge in [-0.1, -0.05) is 5.16 Å². The molecular weight excluding hydrogens is 457 g/mol. The first-order valence-corrected chi connectivity index (χ1v) is 11.0. The topological polar surface area (TPSA) is 159 Å². The standard InChI is InChI=1S/C17H19N5O6S2.Na/c1-27-21-10(8-6-30-17(18)19-8)13(23)20-11-14(24)22-12(16(25)26)7(5-29-15(11)22)9-3-2-4-28-9;/h6,9,11,15H,2-5H2,1H3,(H2,18,19)(H,20,23)(H,25,26);/q;+1/p-1/b21-10-;/t9?,11-,15-;/m1./s1. The Bertz CT molecular complexity index is 961. The fraction of sp³-hybridized carbons (Fsp3) is 0.471. The number of nitrogen functional groups attached to an aromatic ring is 1. The number of nitrogens with one attached hydrogen (secondary N) is 1. The average Bonchev–Trinajstić information content (AvgIpc) is 3.40. The van der Waals surface area contributed by atoms with Crippen LogP contribution in [-0.2, 0) is 24.0 Å². The number of β-lactam (4-membered cyclic amide) rings is 1. The first-order valence-electron chi connectivity index (χ1n) is 9.06. The number of rotatable bonds is 6. The molecule has 0 aromatic carbocycles. The monoisotopic (exact) mass is 475 g/mol. The van der Waals surface area contributed by atoms with Gasteiger partial charge in [-0.05, 0) is 18.4 Å². The van der Waals surface area contributed by atoms with E-state index in [2.05, 4.69) is 15.5 Å². The van der Waals surface area contributed by atoms with Crippen LogP contribution in [0, 0.1) is 0 Å². The molecule has 2 saturated heterocycles. The van der Waals surface area contributed by atoms with Gasteiger partial charge in [0.2, 0.25) is 0 Å². The second-order valence-electron chi connectivity index (χ2n) is 6.72. The Morgan fingerprint density at radius 3 is 2.84 bits per heavy atom. The van der Waals surface area contributed by atoms with E-state index in [1.165, 1.54) is 23.8 Å². The molecule has 0 bridgehead atoms. The van der Waals surface area contributed by atoms with E-state index in [4.69, 9.17) is 15.3 Å². The van der Waals surface area contributed by atoms with Crippen molar-refractivity contribution < 1.29 is 58.6 Å². The van der Waals surface area contributed by atoms with Crippen molar-refractivity contribution in [2.75, 3.05) is 25.2 Å². The summed E-state index contributed by atoms with van der Waals surface area (Å²) in [6.45, 7) is 0.554. The van der Waals surface area contributed by atoms with Crippen LogP contribution in [0.1, 0.15) is 18.5 Å². The Labute approximate surface area is 207 Å². The smallest absolute Gasteiger partial charge is 0.543 e. The van der Waals surface area contributed by atoms with Crippen molar-refractivity contribution >= 4 is 51.7 Å². The summed E-state index contributed by atoms with van der Waals surface area (Å²) in [5.74, 6) is -2.27. The van der Waals surface area contributed by atoms with Gasteiger partial charge in [-0.25, -0.2) is 4.98 Å². The molecule has 11 nitrogen and oxygen atoms in total. The summed E-state index contributed by atoms with van der Waals surface area (Å²) in [6, 6.07) is -0.916. The summed E-state index contributed by atoms with van der Waals surface area (Å²) in [5.41, 5.74) is 6.09. The zero-order valence-electron chi connectivity index (χ0n) is 16.8. The number of thiazole rings is 1. The van der Waals surface area contributed by atoms with E-state index in [1.54, 1.807) is 5.38 Å². The van der Waals surface area contributed by atoms with Crippen LogP contribution in [0.15, 0.2) is 21.8 Å². The molecule has 2 amide bonds. The minimum atomic E-state index is -1.43. The summed E-state index contributed by atoms with van der Waals surface area (Å²) in [4.78, 5) is 47.2. The number of hydrogen-bond acceptors (Lipinski definition) is 11. The number of carboxylic acid groups (broad SMARTS) is 1. The Morgan fingerprint density at radius 2 is 2.26 bits per heavy atom. The summed E-state index contributed by atoms with van der Waals surface area (Å²) >= 11 is 2.49. The summed E-state index contributed by atoms with van der Waals surface area (Å²) in [5, 5.41) is 19.3.